The van der Waals surface area contributed by atoms with Crippen molar-refractivity contribution in [3.8, 4) is 0 Å². The van der Waals surface area contributed by atoms with Crippen molar-refractivity contribution in [2.45, 2.75) is 12.5 Å². The summed E-state index contributed by atoms with van der Waals surface area (Å²) in [4.78, 5) is 23.1. The molecule has 2 N–H and O–H groups in total. The molecule has 2 aromatic rings. The van der Waals surface area contributed by atoms with Gasteiger partial charge in [-0.1, -0.05) is 60.7 Å². The first kappa shape index (κ1) is 15.5. The molecule has 0 aliphatic rings. The minimum Gasteiger partial charge on any atom is -0.480 e. The third kappa shape index (κ3) is 4.90. The number of benzene rings is 2. The molecule has 0 saturated carbocycles. The molecule has 112 valence electrons. The molecule has 2 rings (SSSR count). The monoisotopic (exact) mass is 295 g/mol. The summed E-state index contributed by atoms with van der Waals surface area (Å²) in [6.45, 7) is 0. The molecule has 0 aliphatic carbocycles. The number of amides is 1. The number of hydrogen-bond donors (Lipinski definition) is 2. The number of hydrogen-bond acceptors (Lipinski definition) is 2. The number of carbonyl (C=O) groups is 2. The van der Waals surface area contributed by atoms with Gasteiger partial charge in [0.1, 0.15) is 6.04 Å². The molecular formula is C18H17NO3. The fraction of sp³-hybridized carbons (Fsp3) is 0.111. The van der Waals surface area contributed by atoms with Crippen LogP contribution in [-0.2, 0) is 16.0 Å². The summed E-state index contributed by atoms with van der Waals surface area (Å²) >= 11 is 0. The van der Waals surface area contributed by atoms with E-state index in [1.54, 1.807) is 6.08 Å². The van der Waals surface area contributed by atoms with Crippen molar-refractivity contribution in [3.63, 3.8) is 0 Å². The number of carboxylic acids is 1. The Bertz CT molecular complexity index is 651. The van der Waals surface area contributed by atoms with Crippen molar-refractivity contribution in [2.75, 3.05) is 0 Å². The standard InChI is InChI=1S/C18H17NO3/c20-17(12-11-14-7-3-1-4-8-14)19-16(18(21)22)13-15-9-5-2-6-10-15/h1-12,16H,13H2,(H,19,20)(H,21,22)/b12-11+. The second kappa shape index (κ2) is 7.78. The van der Waals surface area contributed by atoms with Gasteiger partial charge in [-0.2, -0.15) is 0 Å². The van der Waals surface area contributed by atoms with E-state index < -0.39 is 17.9 Å². The van der Waals surface area contributed by atoms with Crippen molar-refractivity contribution in [1.29, 1.82) is 0 Å². The van der Waals surface area contributed by atoms with Gasteiger partial charge in [-0.15, -0.1) is 0 Å². The molecule has 1 amide bonds. The molecule has 4 heteroatoms. The zero-order chi connectivity index (χ0) is 15.8. The van der Waals surface area contributed by atoms with Crippen molar-refractivity contribution in [3.05, 3.63) is 77.9 Å². The van der Waals surface area contributed by atoms with Gasteiger partial charge in [-0.25, -0.2) is 4.79 Å². The zero-order valence-electron chi connectivity index (χ0n) is 12.0. The van der Waals surface area contributed by atoms with Crippen LogP contribution in [0.15, 0.2) is 66.7 Å². The van der Waals surface area contributed by atoms with Gasteiger partial charge in [0, 0.05) is 12.5 Å². The molecule has 0 heterocycles. The van der Waals surface area contributed by atoms with E-state index in [0.29, 0.717) is 0 Å². The van der Waals surface area contributed by atoms with Crippen LogP contribution < -0.4 is 5.32 Å². The lowest BCUT2D eigenvalue weighted by atomic mass is 10.1. The summed E-state index contributed by atoms with van der Waals surface area (Å²) in [5.74, 6) is -1.47. The lowest BCUT2D eigenvalue weighted by Crippen LogP contribution is -2.41. The summed E-state index contributed by atoms with van der Waals surface area (Å²) in [6, 6.07) is 17.6. The molecule has 4 nitrogen and oxygen atoms in total. The van der Waals surface area contributed by atoms with E-state index in [1.807, 2.05) is 60.7 Å². The number of nitrogens with one attached hydrogen (secondary N) is 1. The average molecular weight is 295 g/mol. The van der Waals surface area contributed by atoms with Crippen LogP contribution in [0.5, 0.6) is 0 Å². The van der Waals surface area contributed by atoms with Crippen molar-refractivity contribution in [2.24, 2.45) is 0 Å². The highest BCUT2D eigenvalue weighted by Gasteiger charge is 2.19. The highest BCUT2D eigenvalue weighted by molar-refractivity contribution is 5.94. The van der Waals surface area contributed by atoms with Crippen LogP contribution >= 0.6 is 0 Å². The van der Waals surface area contributed by atoms with Gasteiger partial charge < -0.3 is 10.4 Å². The molecule has 0 aliphatic heterocycles. The maximum atomic E-state index is 11.9. The van der Waals surface area contributed by atoms with Crippen molar-refractivity contribution >= 4 is 18.0 Å². The Labute approximate surface area is 129 Å². The zero-order valence-corrected chi connectivity index (χ0v) is 12.0. The Morgan fingerprint density at radius 1 is 1.00 bits per heavy atom. The number of rotatable bonds is 6. The summed E-state index contributed by atoms with van der Waals surface area (Å²) in [6.07, 6.45) is 3.24. The fourth-order valence-electron chi connectivity index (χ4n) is 2.01. The lowest BCUT2D eigenvalue weighted by Gasteiger charge is -2.13. The van der Waals surface area contributed by atoms with Gasteiger partial charge in [-0.3, -0.25) is 4.79 Å². The topological polar surface area (TPSA) is 66.4 Å². The van der Waals surface area contributed by atoms with Gasteiger partial charge in [0.25, 0.3) is 0 Å². The third-order valence-corrected chi connectivity index (χ3v) is 3.12. The molecular weight excluding hydrogens is 278 g/mol. The van der Waals surface area contributed by atoms with Crippen LogP contribution in [0, 0.1) is 0 Å². The largest absolute Gasteiger partial charge is 0.480 e. The van der Waals surface area contributed by atoms with Crippen LogP contribution in [0.1, 0.15) is 11.1 Å². The van der Waals surface area contributed by atoms with Crippen LogP contribution in [0.4, 0.5) is 0 Å². The maximum absolute atomic E-state index is 11.9. The Morgan fingerprint density at radius 2 is 1.59 bits per heavy atom. The van der Waals surface area contributed by atoms with E-state index >= 15 is 0 Å². The summed E-state index contributed by atoms with van der Waals surface area (Å²) in [7, 11) is 0. The quantitative estimate of drug-likeness (QED) is 0.805. The molecule has 0 bridgehead atoms. The van der Waals surface area contributed by atoms with Gasteiger partial charge in [0.2, 0.25) is 5.91 Å². The van der Waals surface area contributed by atoms with Gasteiger partial charge in [0.05, 0.1) is 0 Å². The molecule has 0 fully saturated rings. The van der Waals surface area contributed by atoms with E-state index in [4.69, 9.17) is 0 Å². The molecule has 0 radical (unpaired) electrons. The van der Waals surface area contributed by atoms with Crippen LogP contribution in [0.25, 0.3) is 6.08 Å². The van der Waals surface area contributed by atoms with Crippen LogP contribution in [-0.4, -0.2) is 23.0 Å². The Morgan fingerprint density at radius 3 is 2.18 bits per heavy atom. The smallest absolute Gasteiger partial charge is 0.326 e. The maximum Gasteiger partial charge on any atom is 0.326 e. The minimum atomic E-state index is -1.05. The van der Waals surface area contributed by atoms with Crippen LogP contribution in [0.3, 0.4) is 0 Å². The van der Waals surface area contributed by atoms with Gasteiger partial charge in [0.15, 0.2) is 0 Å². The van der Waals surface area contributed by atoms with Crippen molar-refractivity contribution < 1.29 is 14.7 Å². The normalized spacial score (nSPS) is 12.0. The highest BCUT2D eigenvalue weighted by Crippen LogP contribution is 2.04. The number of carboxylic acid groups (broad SMARTS) is 1. The average Bonchev–Trinajstić information content (AvgIpc) is 2.54. The second-order valence-electron chi connectivity index (χ2n) is 4.83. The van der Waals surface area contributed by atoms with E-state index in [9.17, 15) is 14.7 Å². The number of carbonyl (C=O) groups excluding carboxylic acids is 1. The van der Waals surface area contributed by atoms with Crippen molar-refractivity contribution in [1.82, 2.24) is 5.32 Å². The van der Waals surface area contributed by atoms with E-state index in [-0.39, 0.29) is 6.42 Å². The van der Waals surface area contributed by atoms with Gasteiger partial charge in [-0.05, 0) is 17.2 Å². The predicted octanol–water partition coefficient (Wildman–Crippen LogP) is 2.51. The van der Waals surface area contributed by atoms with E-state index in [1.165, 1.54) is 6.08 Å². The summed E-state index contributed by atoms with van der Waals surface area (Å²) in [5.41, 5.74) is 1.75. The first-order valence-electron chi connectivity index (χ1n) is 6.95. The SMILES string of the molecule is O=C(/C=C/c1ccccc1)NC(Cc1ccccc1)C(=O)O. The lowest BCUT2D eigenvalue weighted by molar-refractivity contribution is -0.141. The Balaban J connectivity index is 1.97. The first-order valence-corrected chi connectivity index (χ1v) is 6.95. The fourth-order valence-corrected chi connectivity index (χ4v) is 2.01. The number of aliphatic carboxylic acids is 1. The van der Waals surface area contributed by atoms with E-state index in [2.05, 4.69) is 5.32 Å². The molecule has 1 atom stereocenters. The Kier molecular flexibility index (Phi) is 5.49. The van der Waals surface area contributed by atoms with E-state index in [0.717, 1.165) is 11.1 Å². The van der Waals surface area contributed by atoms with Crippen LogP contribution in [0.2, 0.25) is 0 Å². The molecule has 22 heavy (non-hydrogen) atoms. The van der Waals surface area contributed by atoms with Gasteiger partial charge >= 0.3 is 5.97 Å². The molecule has 2 aromatic carbocycles. The Hall–Kier alpha value is -2.88. The first-order chi connectivity index (χ1) is 10.6. The summed E-state index contributed by atoms with van der Waals surface area (Å²) < 4.78 is 0. The molecule has 0 spiro atoms. The highest BCUT2D eigenvalue weighted by atomic mass is 16.4. The molecule has 1 unspecified atom stereocenters. The molecule has 0 saturated heterocycles. The predicted molar refractivity (Wildman–Crippen MR) is 85.2 cm³/mol. The third-order valence-electron chi connectivity index (χ3n) is 3.12. The molecule has 0 aromatic heterocycles. The second-order valence-corrected chi connectivity index (χ2v) is 4.83. The minimum absolute atomic E-state index is 0.251. The summed E-state index contributed by atoms with van der Waals surface area (Å²) in [5, 5.41) is 11.7.